The number of rotatable bonds is 7. The molecular formula is C31H34ClFN6O2. The quantitative estimate of drug-likeness (QED) is 0.129. The van der Waals surface area contributed by atoms with Gasteiger partial charge in [0, 0.05) is 38.3 Å². The van der Waals surface area contributed by atoms with Crippen LogP contribution in [0.4, 0.5) is 21.6 Å². The number of amidine groups is 1. The van der Waals surface area contributed by atoms with E-state index in [4.69, 9.17) is 22.3 Å². The van der Waals surface area contributed by atoms with Gasteiger partial charge in [0.2, 0.25) is 12.3 Å². The summed E-state index contributed by atoms with van der Waals surface area (Å²) in [5.74, 6) is 0.132. The van der Waals surface area contributed by atoms with E-state index < -0.39 is 5.82 Å². The van der Waals surface area contributed by atoms with Crippen LogP contribution in [0.5, 0.6) is 0 Å². The van der Waals surface area contributed by atoms with Crippen LogP contribution in [0.1, 0.15) is 37.8 Å². The van der Waals surface area contributed by atoms with Crippen molar-refractivity contribution >= 4 is 46.9 Å². The van der Waals surface area contributed by atoms with E-state index in [2.05, 4.69) is 11.6 Å². The number of piperazine rings is 1. The zero-order valence-corrected chi connectivity index (χ0v) is 24.4. The first-order valence-electron chi connectivity index (χ1n) is 13.4. The van der Waals surface area contributed by atoms with Crippen molar-refractivity contribution in [3.05, 3.63) is 83.2 Å². The van der Waals surface area contributed by atoms with Crippen LogP contribution in [-0.4, -0.2) is 65.7 Å². The molecule has 0 saturated carbocycles. The molecule has 0 radical (unpaired) electrons. The number of hydrogen-bond acceptors (Lipinski definition) is 5. The molecule has 41 heavy (non-hydrogen) atoms. The molecular weight excluding hydrogens is 543 g/mol. The molecule has 4 rings (SSSR count). The highest BCUT2D eigenvalue weighted by Crippen LogP contribution is 2.40. The van der Waals surface area contributed by atoms with Gasteiger partial charge in [-0.05, 0) is 48.7 Å². The topological polar surface area (TPSA) is 95.1 Å². The molecule has 1 aromatic heterocycles. The fourth-order valence-corrected chi connectivity index (χ4v) is 5.46. The Bertz CT molecular complexity index is 1510. The van der Waals surface area contributed by atoms with Gasteiger partial charge < -0.3 is 15.5 Å². The molecule has 1 atom stereocenters. The number of nitrogens with zero attached hydrogens (tertiary/aromatic N) is 5. The largest absolute Gasteiger partial charge is 0.397 e. The van der Waals surface area contributed by atoms with E-state index >= 15 is 0 Å². The molecule has 1 saturated heterocycles. The third-order valence-corrected chi connectivity index (χ3v) is 7.51. The summed E-state index contributed by atoms with van der Waals surface area (Å²) < 4.78 is 15.0. The molecule has 2 aromatic carbocycles. The molecule has 10 heteroatoms. The zero-order valence-electron chi connectivity index (χ0n) is 23.6. The maximum absolute atomic E-state index is 15.0. The molecule has 214 valence electrons. The predicted molar refractivity (Wildman–Crippen MR) is 163 cm³/mol. The van der Waals surface area contributed by atoms with Crippen LogP contribution in [0.2, 0.25) is 5.02 Å². The Morgan fingerprint density at radius 2 is 1.98 bits per heavy atom. The number of pyridine rings is 1. The maximum atomic E-state index is 15.0. The van der Waals surface area contributed by atoms with Crippen LogP contribution < -0.4 is 10.6 Å². The summed E-state index contributed by atoms with van der Waals surface area (Å²) >= 11 is 6.78. The average molecular weight is 577 g/mol. The minimum Gasteiger partial charge on any atom is -0.397 e. The van der Waals surface area contributed by atoms with E-state index in [1.54, 1.807) is 42.3 Å². The first-order valence-corrected chi connectivity index (χ1v) is 13.7. The normalized spacial score (nSPS) is 15.7. The number of nitrogens with two attached hydrogens (primary N) is 1. The Morgan fingerprint density at radius 1 is 1.24 bits per heavy atom. The van der Waals surface area contributed by atoms with Crippen LogP contribution in [-0.2, 0) is 9.59 Å². The predicted octanol–water partition coefficient (Wildman–Crippen LogP) is 5.64. The van der Waals surface area contributed by atoms with Crippen molar-refractivity contribution in [2.75, 3.05) is 37.3 Å². The molecule has 1 aliphatic heterocycles. The molecule has 2 amide bonds. The van der Waals surface area contributed by atoms with E-state index in [-0.39, 0.29) is 40.0 Å². The second kappa shape index (κ2) is 12.5. The number of carbonyl (C=O) groups excluding carboxylic acids is 2. The number of aromatic nitrogens is 1. The Balaban J connectivity index is 1.95. The summed E-state index contributed by atoms with van der Waals surface area (Å²) in [5.41, 5.74) is 9.01. The Morgan fingerprint density at radius 3 is 2.59 bits per heavy atom. The first-order chi connectivity index (χ1) is 19.6. The van der Waals surface area contributed by atoms with Gasteiger partial charge in [0.25, 0.3) is 0 Å². The number of aliphatic imine (C=N–C) groups is 1. The number of halogens is 2. The molecule has 0 spiro atoms. The highest BCUT2D eigenvalue weighted by Gasteiger charge is 2.32. The number of carbonyl (C=O) groups is 2. The molecule has 3 aromatic rings. The van der Waals surface area contributed by atoms with E-state index in [1.807, 2.05) is 37.8 Å². The summed E-state index contributed by atoms with van der Waals surface area (Å²) in [6, 6.07) is 13.2. The van der Waals surface area contributed by atoms with Crippen molar-refractivity contribution in [2.45, 2.75) is 32.7 Å². The van der Waals surface area contributed by atoms with E-state index in [0.29, 0.717) is 48.8 Å². The standard InChI is InChI=1S/C31H34ClFN6O2/c1-6-27(41)37-14-15-38(20(4)17-37)30(35-5)23-16-24(32)28(22-10-7-8-12-25(22)33)36-31(23)39(18-40)29-21(19(2)3)11-9-13-26(29)34/h6-13,16,18-20H,1,14-15,17,34H2,2-5H3/b35-30+. The van der Waals surface area contributed by atoms with Crippen molar-refractivity contribution in [1.82, 2.24) is 14.8 Å². The smallest absolute Gasteiger partial charge is 0.246 e. The summed E-state index contributed by atoms with van der Waals surface area (Å²) in [6.07, 6.45) is 1.96. The molecule has 1 unspecified atom stereocenters. The SMILES string of the molecule is C=CC(=O)N1CCN(/C(=N/C)c2cc(Cl)c(-c3ccccc3F)nc2N(C=O)c2c(N)cccc2C(C)C)C(C)C1. The fourth-order valence-electron chi connectivity index (χ4n) is 5.21. The van der Waals surface area contributed by atoms with Gasteiger partial charge in [-0.15, -0.1) is 0 Å². The van der Waals surface area contributed by atoms with Crippen LogP contribution in [0, 0.1) is 5.82 Å². The molecule has 1 aliphatic rings. The monoisotopic (exact) mass is 576 g/mol. The summed E-state index contributed by atoms with van der Waals surface area (Å²) in [4.78, 5) is 39.8. The Kier molecular flexibility index (Phi) is 9.08. The summed E-state index contributed by atoms with van der Waals surface area (Å²) in [6.45, 7) is 11.0. The number of hydrogen-bond donors (Lipinski definition) is 1. The van der Waals surface area contributed by atoms with Crippen LogP contribution in [0.15, 0.2) is 66.2 Å². The third kappa shape index (κ3) is 5.81. The second-order valence-corrected chi connectivity index (χ2v) is 10.6. The van der Waals surface area contributed by atoms with Crippen LogP contribution in [0.25, 0.3) is 11.3 Å². The van der Waals surface area contributed by atoms with E-state index in [9.17, 15) is 14.0 Å². The number of benzene rings is 2. The number of para-hydroxylation sites is 1. The van der Waals surface area contributed by atoms with E-state index in [0.717, 1.165) is 5.56 Å². The molecule has 1 fully saturated rings. The highest BCUT2D eigenvalue weighted by molar-refractivity contribution is 6.33. The fraction of sp³-hybridized carbons (Fsp3) is 0.290. The van der Waals surface area contributed by atoms with Crippen molar-refractivity contribution < 1.29 is 14.0 Å². The van der Waals surface area contributed by atoms with Gasteiger partial charge in [-0.2, -0.15) is 0 Å². The lowest BCUT2D eigenvalue weighted by Crippen LogP contribution is -2.55. The summed E-state index contributed by atoms with van der Waals surface area (Å²) in [7, 11) is 1.65. The van der Waals surface area contributed by atoms with Gasteiger partial charge in [0.05, 0.1) is 27.7 Å². The number of anilines is 3. The Labute approximate surface area is 244 Å². The zero-order chi connectivity index (χ0) is 29.8. The van der Waals surface area contributed by atoms with Gasteiger partial charge >= 0.3 is 0 Å². The average Bonchev–Trinajstić information content (AvgIpc) is 2.96. The molecule has 0 bridgehead atoms. The lowest BCUT2D eigenvalue weighted by atomic mass is 9.98. The lowest BCUT2D eigenvalue weighted by molar-refractivity contribution is -0.128. The van der Waals surface area contributed by atoms with Crippen molar-refractivity contribution in [1.29, 1.82) is 0 Å². The molecule has 2 N–H and O–H groups in total. The third-order valence-electron chi connectivity index (χ3n) is 7.22. The van der Waals surface area contributed by atoms with Crippen molar-refractivity contribution in [3.63, 3.8) is 0 Å². The minimum atomic E-state index is -0.499. The van der Waals surface area contributed by atoms with Crippen molar-refractivity contribution in [3.8, 4) is 11.3 Å². The Hall–Kier alpha value is -4.24. The number of amides is 2. The van der Waals surface area contributed by atoms with E-state index in [1.165, 1.54) is 17.0 Å². The second-order valence-electron chi connectivity index (χ2n) is 10.2. The molecule has 2 heterocycles. The van der Waals surface area contributed by atoms with Gasteiger partial charge in [-0.3, -0.25) is 19.5 Å². The lowest BCUT2D eigenvalue weighted by Gasteiger charge is -2.41. The molecule has 8 nitrogen and oxygen atoms in total. The van der Waals surface area contributed by atoms with Crippen molar-refractivity contribution in [2.24, 2.45) is 4.99 Å². The highest BCUT2D eigenvalue weighted by atomic mass is 35.5. The first kappa shape index (κ1) is 29.7. The number of nitrogen functional groups attached to an aromatic ring is 1. The van der Waals surface area contributed by atoms with Gasteiger partial charge in [0.15, 0.2) is 5.82 Å². The molecule has 0 aliphatic carbocycles. The summed E-state index contributed by atoms with van der Waals surface area (Å²) in [5, 5.41) is 0.194. The van der Waals surface area contributed by atoms with Crippen LogP contribution >= 0.6 is 11.6 Å². The van der Waals surface area contributed by atoms with Gasteiger partial charge in [-0.25, -0.2) is 9.37 Å². The maximum Gasteiger partial charge on any atom is 0.246 e. The minimum absolute atomic E-state index is 0.0348. The van der Waals surface area contributed by atoms with Gasteiger partial charge in [-0.1, -0.05) is 56.3 Å². The van der Waals surface area contributed by atoms with Crippen LogP contribution in [0.3, 0.4) is 0 Å². The van der Waals surface area contributed by atoms with Gasteiger partial charge in [0.1, 0.15) is 11.7 Å².